The van der Waals surface area contributed by atoms with Crippen molar-refractivity contribution in [1.82, 2.24) is 5.32 Å². The lowest BCUT2D eigenvalue weighted by Gasteiger charge is -2.29. The van der Waals surface area contributed by atoms with E-state index in [1.807, 2.05) is 11.8 Å². The number of H-pyrrole nitrogens is 1. The van der Waals surface area contributed by atoms with E-state index in [1.54, 1.807) is 0 Å². The van der Waals surface area contributed by atoms with E-state index in [0.717, 1.165) is 17.2 Å². The van der Waals surface area contributed by atoms with Crippen LogP contribution in [0.4, 0.5) is 19.0 Å². The highest BCUT2D eigenvalue weighted by Crippen LogP contribution is 2.31. The second kappa shape index (κ2) is 8.43. The van der Waals surface area contributed by atoms with E-state index in [4.69, 9.17) is 11.6 Å². The third kappa shape index (κ3) is 5.48. The van der Waals surface area contributed by atoms with Gasteiger partial charge in [0.1, 0.15) is 37.4 Å². The molecule has 1 aromatic heterocycles. The Morgan fingerprint density at radius 1 is 1.35 bits per heavy atom. The molecular weight excluding hydrogens is 369 g/mol. The third-order valence-corrected chi connectivity index (χ3v) is 5.07. The summed E-state index contributed by atoms with van der Waals surface area (Å²) in [5, 5.41) is 3.04. The molecule has 1 fully saturated rings. The predicted molar refractivity (Wildman–Crippen MR) is 93.2 cm³/mol. The number of rotatable bonds is 5. The van der Waals surface area contributed by atoms with Gasteiger partial charge in [-0.25, -0.2) is 9.88 Å². The Kier molecular flexibility index (Phi) is 6.74. The van der Waals surface area contributed by atoms with Crippen molar-refractivity contribution < 1.29 is 27.8 Å². The Morgan fingerprint density at radius 2 is 1.96 bits per heavy atom. The van der Waals surface area contributed by atoms with Gasteiger partial charge in [-0.15, -0.1) is 0 Å². The van der Waals surface area contributed by atoms with Crippen molar-refractivity contribution in [2.24, 2.45) is 5.92 Å². The van der Waals surface area contributed by atoms with Gasteiger partial charge >= 0.3 is 6.18 Å². The molecule has 5 nitrogen and oxygen atoms in total. The molecule has 9 heteroatoms. The standard InChI is InChI=1S/C17H24ClF3N4O/c1-11(2)12(3)23-15(26)10-24-4-6-25(7-5-24)16-14(18)8-13(9-22-16)17(19,20)21/h8-9,11-12H,4-7,10H2,1-3H3,(H,23,26)/p+2/t12-/m1/s1. The molecule has 1 amide bonds. The molecule has 26 heavy (non-hydrogen) atoms. The fourth-order valence-electron chi connectivity index (χ4n) is 2.79. The van der Waals surface area contributed by atoms with Crippen LogP contribution >= 0.6 is 11.6 Å². The number of carbonyl (C=O) groups is 1. The number of pyridine rings is 1. The molecule has 1 aromatic rings. The average molecular weight is 395 g/mol. The summed E-state index contributed by atoms with van der Waals surface area (Å²) in [4.78, 5) is 17.8. The first-order valence-electron chi connectivity index (χ1n) is 8.74. The number of aromatic nitrogens is 1. The summed E-state index contributed by atoms with van der Waals surface area (Å²) in [6.07, 6.45) is -3.50. The van der Waals surface area contributed by atoms with Crippen molar-refractivity contribution in [2.45, 2.75) is 33.0 Å². The molecule has 0 spiro atoms. The highest BCUT2D eigenvalue weighted by molar-refractivity contribution is 6.32. The molecule has 2 heterocycles. The Hall–Kier alpha value is -1.54. The maximum atomic E-state index is 12.7. The molecule has 0 aromatic carbocycles. The number of hydrogen-bond donors (Lipinski definition) is 2. The summed E-state index contributed by atoms with van der Waals surface area (Å²) in [6.45, 7) is 9.16. The van der Waals surface area contributed by atoms with Crippen LogP contribution in [0.3, 0.4) is 0 Å². The lowest BCUT2D eigenvalue weighted by Crippen LogP contribution is -3.16. The molecule has 1 saturated heterocycles. The van der Waals surface area contributed by atoms with Gasteiger partial charge in [0, 0.05) is 6.04 Å². The van der Waals surface area contributed by atoms with Gasteiger partial charge in [-0.05, 0) is 18.9 Å². The summed E-state index contributed by atoms with van der Waals surface area (Å²) in [5.41, 5.74) is -0.800. The Labute approximate surface area is 156 Å². The van der Waals surface area contributed by atoms with Crippen LogP contribution < -0.4 is 20.1 Å². The summed E-state index contributed by atoms with van der Waals surface area (Å²) >= 11 is 6.03. The van der Waals surface area contributed by atoms with Crippen molar-refractivity contribution in [2.75, 3.05) is 37.6 Å². The number of aromatic amines is 1. The van der Waals surface area contributed by atoms with Crippen LogP contribution in [0.5, 0.6) is 0 Å². The molecular formula is C17H26ClF3N4O+2. The molecule has 1 aliphatic rings. The molecule has 2 rings (SSSR count). The number of anilines is 1. The van der Waals surface area contributed by atoms with E-state index in [0.29, 0.717) is 44.5 Å². The monoisotopic (exact) mass is 394 g/mol. The van der Waals surface area contributed by atoms with Gasteiger partial charge in [0.05, 0.1) is 5.56 Å². The van der Waals surface area contributed by atoms with E-state index in [2.05, 4.69) is 24.1 Å². The fraction of sp³-hybridized carbons (Fsp3) is 0.647. The van der Waals surface area contributed by atoms with Gasteiger partial charge in [0.15, 0.2) is 6.54 Å². The lowest BCUT2D eigenvalue weighted by atomic mass is 10.1. The van der Waals surface area contributed by atoms with Crippen molar-refractivity contribution in [1.29, 1.82) is 0 Å². The van der Waals surface area contributed by atoms with E-state index < -0.39 is 11.7 Å². The van der Waals surface area contributed by atoms with Crippen molar-refractivity contribution >= 4 is 23.3 Å². The number of piperazine rings is 1. The minimum Gasteiger partial charge on any atom is -0.348 e. The number of hydrogen-bond acceptors (Lipinski definition) is 2. The van der Waals surface area contributed by atoms with Gasteiger partial charge in [0.25, 0.3) is 11.7 Å². The van der Waals surface area contributed by atoms with Crippen LogP contribution in [0.2, 0.25) is 5.02 Å². The maximum absolute atomic E-state index is 12.7. The van der Waals surface area contributed by atoms with Gasteiger partial charge in [0.2, 0.25) is 0 Å². The lowest BCUT2D eigenvalue weighted by molar-refractivity contribution is -0.892. The van der Waals surface area contributed by atoms with Gasteiger partial charge in [-0.1, -0.05) is 25.4 Å². The summed E-state index contributed by atoms with van der Waals surface area (Å²) in [7, 11) is 0. The Morgan fingerprint density at radius 3 is 2.46 bits per heavy atom. The minimum atomic E-state index is -4.43. The van der Waals surface area contributed by atoms with Crippen LogP contribution in [0, 0.1) is 5.92 Å². The van der Waals surface area contributed by atoms with Crippen molar-refractivity contribution in [3.8, 4) is 0 Å². The van der Waals surface area contributed by atoms with Crippen LogP contribution in [-0.4, -0.2) is 44.7 Å². The second-order valence-corrected chi connectivity index (χ2v) is 7.50. The minimum absolute atomic E-state index is 0.0220. The third-order valence-electron chi connectivity index (χ3n) is 4.79. The second-order valence-electron chi connectivity index (χ2n) is 7.10. The Bertz CT molecular complexity index is 631. The van der Waals surface area contributed by atoms with Crippen LogP contribution in [0.1, 0.15) is 26.3 Å². The smallest absolute Gasteiger partial charge is 0.348 e. The molecule has 1 aliphatic heterocycles. The molecule has 1 atom stereocenters. The number of quaternary nitrogens is 1. The highest BCUT2D eigenvalue weighted by Gasteiger charge is 2.35. The zero-order chi connectivity index (χ0) is 19.5. The van der Waals surface area contributed by atoms with Crippen LogP contribution in [-0.2, 0) is 11.0 Å². The number of nitrogens with one attached hydrogen (secondary N) is 3. The summed E-state index contributed by atoms with van der Waals surface area (Å²) < 4.78 is 38.2. The predicted octanol–water partition coefficient (Wildman–Crippen LogP) is 1.04. The molecule has 0 bridgehead atoms. The van der Waals surface area contributed by atoms with E-state index in [1.165, 1.54) is 0 Å². The first-order chi connectivity index (χ1) is 12.1. The number of carbonyl (C=O) groups excluding carboxylic acids is 1. The number of nitrogens with zero attached hydrogens (tertiary/aromatic N) is 1. The average Bonchev–Trinajstić information content (AvgIpc) is 2.54. The Balaban J connectivity index is 1.89. The van der Waals surface area contributed by atoms with Crippen molar-refractivity contribution in [3.05, 3.63) is 22.8 Å². The van der Waals surface area contributed by atoms with Crippen LogP contribution in [0.15, 0.2) is 12.3 Å². The topological polar surface area (TPSA) is 50.9 Å². The van der Waals surface area contributed by atoms with Crippen molar-refractivity contribution in [3.63, 3.8) is 0 Å². The SMILES string of the molecule is CC(C)[C@@H](C)NC(=O)C[NH+]1CCN(c2[nH+]cc(C(F)(F)F)cc2Cl)CC1. The van der Waals surface area contributed by atoms with Gasteiger partial charge in [-0.3, -0.25) is 4.79 Å². The first-order valence-corrected chi connectivity index (χ1v) is 9.12. The summed E-state index contributed by atoms with van der Waals surface area (Å²) in [6, 6.07) is 1.07. The van der Waals surface area contributed by atoms with Gasteiger partial charge in [-0.2, -0.15) is 13.2 Å². The zero-order valence-corrected chi connectivity index (χ0v) is 16.0. The van der Waals surface area contributed by atoms with E-state index in [9.17, 15) is 18.0 Å². The number of amides is 1. The maximum Gasteiger partial charge on any atom is 0.419 e. The molecule has 146 valence electrons. The van der Waals surface area contributed by atoms with E-state index >= 15 is 0 Å². The van der Waals surface area contributed by atoms with Crippen LogP contribution in [0.25, 0.3) is 0 Å². The number of halogens is 4. The molecule has 3 N–H and O–H groups in total. The zero-order valence-electron chi connectivity index (χ0n) is 15.2. The number of alkyl halides is 3. The molecule has 0 radical (unpaired) electrons. The van der Waals surface area contributed by atoms with Gasteiger partial charge < -0.3 is 10.2 Å². The summed E-state index contributed by atoms with van der Waals surface area (Å²) in [5.74, 6) is 0.883. The molecule has 0 aliphatic carbocycles. The van der Waals surface area contributed by atoms with E-state index in [-0.39, 0.29) is 17.0 Å². The first kappa shape index (κ1) is 20.8. The largest absolute Gasteiger partial charge is 0.419 e. The fourth-order valence-corrected chi connectivity index (χ4v) is 3.08. The molecule has 0 saturated carbocycles. The quantitative estimate of drug-likeness (QED) is 0.784. The molecule has 0 unspecified atom stereocenters. The highest BCUT2D eigenvalue weighted by atomic mass is 35.5. The normalized spacial score (nSPS) is 17.5.